The summed E-state index contributed by atoms with van der Waals surface area (Å²) in [6.45, 7) is 2.03. The Kier molecular flexibility index (Phi) is 4.48. The summed E-state index contributed by atoms with van der Waals surface area (Å²) in [5, 5.41) is 13.3. The number of hydrogen-bond donors (Lipinski definition) is 2. The van der Waals surface area contributed by atoms with E-state index in [9.17, 15) is 9.90 Å². The van der Waals surface area contributed by atoms with Crippen molar-refractivity contribution in [2.45, 2.75) is 31.8 Å². The molecule has 0 saturated heterocycles. The molecule has 19 heavy (non-hydrogen) atoms. The van der Waals surface area contributed by atoms with Crippen LogP contribution in [0.1, 0.15) is 25.5 Å². The highest BCUT2D eigenvalue weighted by molar-refractivity contribution is 9.10. The molecule has 1 aliphatic carbocycles. The molecule has 4 nitrogen and oxygen atoms in total. The van der Waals surface area contributed by atoms with Crippen molar-refractivity contribution in [1.82, 2.24) is 10.3 Å². The topological polar surface area (TPSA) is 62.2 Å². The maximum atomic E-state index is 11.8. The van der Waals surface area contributed by atoms with Gasteiger partial charge in [-0.15, -0.1) is 0 Å². The highest BCUT2D eigenvalue weighted by atomic mass is 79.9. The van der Waals surface area contributed by atoms with Crippen LogP contribution in [-0.2, 0) is 11.2 Å². The maximum absolute atomic E-state index is 11.8. The second kappa shape index (κ2) is 5.77. The Labute approximate surface area is 125 Å². The number of aromatic nitrogens is 1. The highest BCUT2D eigenvalue weighted by Crippen LogP contribution is 2.38. The molecule has 1 heterocycles. The average Bonchev–Trinajstić information content (AvgIpc) is 3.15. The number of nitrogens with zero attached hydrogens (tertiary/aromatic N) is 1. The van der Waals surface area contributed by atoms with Gasteiger partial charge in [-0.05, 0) is 47.7 Å². The van der Waals surface area contributed by atoms with Gasteiger partial charge in [0.1, 0.15) is 0 Å². The molecule has 6 heteroatoms. The predicted molar refractivity (Wildman–Crippen MR) is 77.0 cm³/mol. The number of pyridine rings is 1. The van der Waals surface area contributed by atoms with E-state index >= 15 is 0 Å². The van der Waals surface area contributed by atoms with E-state index in [1.54, 1.807) is 19.2 Å². The lowest BCUT2D eigenvalue weighted by atomic mass is 10.0. The van der Waals surface area contributed by atoms with E-state index in [0.29, 0.717) is 16.6 Å². The number of nitrogens with one attached hydrogen (secondary N) is 1. The minimum atomic E-state index is -0.813. The third-order valence-corrected chi connectivity index (χ3v) is 4.07. The van der Waals surface area contributed by atoms with Gasteiger partial charge in [0.2, 0.25) is 5.91 Å². The summed E-state index contributed by atoms with van der Waals surface area (Å²) in [6.07, 6.45) is 3.79. The molecule has 0 spiro atoms. The van der Waals surface area contributed by atoms with Gasteiger partial charge in [-0.25, -0.2) is 0 Å². The number of aliphatic hydroxyl groups is 1. The number of rotatable bonds is 5. The quantitative estimate of drug-likeness (QED) is 0.859. The van der Waals surface area contributed by atoms with Crippen molar-refractivity contribution in [3.05, 3.63) is 27.5 Å². The zero-order valence-electron chi connectivity index (χ0n) is 10.6. The van der Waals surface area contributed by atoms with Crippen molar-refractivity contribution >= 4 is 33.4 Å². The Bertz CT molecular complexity index is 490. The molecule has 1 aromatic rings. The minimum absolute atomic E-state index is 0.118. The van der Waals surface area contributed by atoms with Gasteiger partial charge in [-0.3, -0.25) is 9.78 Å². The summed E-state index contributed by atoms with van der Waals surface area (Å²) in [7, 11) is 0. The Morgan fingerprint density at radius 3 is 2.95 bits per heavy atom. The van der Waals surface area contributed by atoms with Crippen LogP contribution in [0, 0.1) is 5.92 Å². The summed E-state index contributed by atoms with van der Waals surface area (Å²) >= 11 is 9.26. The Morgan fingerprint density at radius 1 is 1.68 bits per heavy atom. The van der Waals surface area contributed by atoms with Gasteiger partial charge >= 0.3 is 0 Å². The fourth-order valence-corrected chi connectivity index (χ4v) is 2.61. The predicted octanol–water partition coefficient (Wildman–Crippen LogP) is 2.32. The first-order chi connectivity index (χ1) is 8.88. The van der Waals surface area contributed by atoms with Crippen LogP contribution in [0.3, 0.4) is 0 Å². The van der Waals surface area contributed by atoms with Crippen LogP contribution in [0.15, 0.2) is 16.7 Å². The van der Waals surface area contributed by atoms with E-state index in [2.05, 4.69) is 26.2 Å². The first-order valence-corrected chi connectivity index (χ1v) is 7.34. The molecule has 0 unspecified atom stereocenters. The van der Waals surface area contributed by atoms with Gasteiger partial charge in [0.15, 0.2) is 0 Å². The Hall–Kier alpha value is -0.650. The summed E-state index contributed by atoms with van der Waals surface area (Å²) in [5.74, 6) is 0.125. The SMILES string of the molecule is C[C@](O)(CNC(=O)Cc1ncc(Br)cc1Cl)C1CC1. The lowest BCUT2D eigenvalue weighted by Gasteiger charge is -2.23. The number of carbonyl (C=O) groups excluding carboxylic acids is 1. The van der Waals surface area contributed by atoms with E-state index in [1.807, 2.05) is 0 Å². The van der Waals surface area contributed by atoms with Gasteiger partial charge < -0.3 is 10.4 Å². The Balaban J connectivity index is 1.87. The van der Waals surface area contributed by atoms with Crippen molar-refractivity contribution in [1.29, 1.82) is 0 Å². The Morgan fingerprint density at radius 2 is 2.37 bits per heavy atom. The first-order valence-electron chi connectivity index (χ1n) is 6.17. The minimum Gasteiger partial charge on any atom is -0.388 e. The number of halogens is 2. The third kappa shape index (κ3) is 4.16. The number of hydrogen-bond acceptors (Lipinski definition) is 3. The second-order valence-electron chi connectivity index (χ2n) is 5.17. The molecule has 0 aliphatic heterocycles. The first kappa shape index (κ1) is 14.8. The molecule has 104 valence electrons. The molecule has 1 aliphatic rings. The van der Waals surface area contributed by atoms with Gasteiger partial charge in [-0.2, -0.15) is 0 Å². The molecule has 1 saturated carbocycles. The van der Waals surface area contributed by atoms with Gasteiger partial charge in [0, 0.05) is 17.2 Å². The van der Waals surface area contributed by atoms with Crippen LogP contribution in [0.5, 0.6) is 0 Å². The smallest absolute Gasteiger partial charge is 0.226 e. The van der Waals surface area contributed by atoms with E-state index in [4.69, 9.17) is 11.6 Å². The largest absolute Gasteiger partial charge is 0.388 e. The average molecular weight is 348 g/mol. The molecule has 1 amide bonds. The zero-order chi connectivity index (χ0) is 14.0. The van der Waals surface area contributed by atoms with E-state index in [1.165, 1.54) is 0 Å². The van der Waals surface area contributed by atoms with Crippen molar-refractivity contribution < 1.29 is 9.90 Å². The number of amides is 1. The normalized spacial score (nSPS) is 17.9. The summed E-state index contributed by atoms with van der Waals surface area (Å²) in [4.78, 5) is 15.9. The van der Waals surface area contributed by atoms with Crippen LogP contribution >= 0.6 is 27.5 Å². The molecule has 2 N–H and O–H groups in total. The fourth-order valence-electron chi connectivity index (χ4n) is 1.91. The molecule has 2 rings (SSSR count). The summed E-state index contributed by atoms with van der Waals surface area (Å²) in [6, 6.07) is 1.71. The van der Waals surface area contributed by atoms with Gasteiger partial charge in [0.05, 0.1) is 22.7 Å². The lowest BCUT2D eigenvalue weighted by Crippen LogP contribution is -2.42. The van der Waals surface area contributed by atoms with Crippen LogP contribution in [0.4, 0.5) is 0 Å². The number of carbonyl (C=O) groups is 1. The molecule has 0 radical (unpaired) electrons. The maximum Gasteiger partial charge on any atom is 0.226 e. The van der Waals surface area contributed by atoms with Crippen molar-refractivity contribution in [2.24, 2.45) is 5.92 Å². The van der Waals surface area contributed by atoms with Crippen molar-refractivity contribution in [3.8, 4) is 0 Å². The van der Waals surface area contributed by atoms with Crippen LogP contribution < -0.4 is 5.32 Å². The van der Waals surface area contributed by atoms with Crippen LogP contribution in [0.2, 0.25) is 5.02 Å². The third-order valence-electron chi connectivity index (χ3n) is 3.31. The van der Waals surface area contributed by atoms with Gasteiger partial charge in [0.25, 0.3) is 0 Å². The lowest BCUT2D eigenvalue weighted by molar-refractivity contribution is -0.121. The fraction of sp³-hybridized carbons (Fsp3) is 0.538. The molecule has 1 fully saturated rings. The molecule has 0 bridgehead atoms. The molecule has 1 aromatic heterocycles. The van der Waals surface area contributed by atoms with E-state index in [-0.39, 0.29) is 18.9 Å². The molecule has 0 aromatic carbocycles. The van der Waals surface area contributed by atoms with E-state index in [0.717, 1.165) is 17.3 Å². The zero-order valence-corrected chi connectivity index (χ0v) is 13.0. The summed E-state index contributed by atoms with van der Waals surface area (Å²) < 4.78 is 0.776. The second-order valence-corrected chi connectivity index (χ2v) is 6.49. The van der Waals surface area contributed by atoms with Crippen LogP contribution in [-0.4, -0.2) is 28.1 Å². The van der Waals surface area contributed by atoms with Crippen molar-refractivity contribution in [2.75, 3.05) is 6.54 Å². The van der Waals surface area contributed by atoms with Crippen molar-refractivity contribution in [3.63, 3.8) is 0 Å². The summed E-state index contributed by atoms with van der Waals surface area (Å²) in [5.41, 5.74) is -0.277. The van der Waals surface area contributed by atoms with Crippen LogP contribution in [0.25, 0.3) is 0 Å². The monoisotopic (exact) mass is 346 g/mol. The van der Waals surface area contributed by atoms with E-state index < -0.39 is 5.60 Å². The standard InChI is InChI=1S/C13H16BrClN2O2/c1-13(19,8-2-3-8)7-17-12(18)5-11-10(15)4-9(14)6-16-11/h4,6,8,19H,2-3,5,7H2,1H3,(H,17,18)/t13-/m0/s1. The highest BCUT2D eigenvalue weighted by Gasteiger charge is 2.39. The van der Waals surface area contributed by atoms with Gasteiger partial charge in [-0.1, -0.05) is 11.6 Å². The molecule has 1 atom stereocenters. The molecular weight excluding hydrogens is 332 g/mol. The molecular formula is C13H16BrClN2O2.